The van der Waals surface area contributed by atoms with Crippen molar-refractivity contribution in [2.75, 3.05) is 11.4 Å². The van der Waals surface area contributed by atoms with Crippen molar-refractivity contribution in [2.24, 2.45) is 10.9 Å². The summed E-state index contributed by atoms with van der Waals surface area (Å²) in [5, 5.41) is 11.0. The van der Waals surface area contributed by atoms with Gasteiger partial charge in [-0.3, -0.25) is 15.1 Å². The number of aliphatic imine (C=N–C) groups is 1. The Hall–Kier alpha value is -2.69. The Morgan fingerprint density at radius 2 is 2.00 bits per heavy atom. The van der Waals surface area contributed by atoms with Crippen molar-refractivity contribution in [1.29, 1.82) is 0 Å². The second-order valence-corrected chi connectivity index (χ2v) is 6.35. The fraction of sp³-hybridized carbons (Fsp3) is 0.316. The van der Waals surface area contributed by atoms with Crippen molar-refractivity contribution in [1.82, 2.24) is 0 Å². The topological polar surface area (TPSA) is 58.7 Å². The van der Waals surface area contributed by atoms with Crippen LogP contribution in [0, 0.1) is 16.0 Å². The quantitative estimate of drug-likeness (QED) is 0.603. The highest BCUT2D eigenvalue weighted by Crippen LogP contribution is 2.33. The average Bonchev–Trinajstić information content (AvgIpc) is 2.75. The van der Waals surface area contributed by atoms with Gasteiger partial charge in [-0.2, -0.15) is 0 Å². The number of non-ortho nitro benzene ring substituents is 1. The van der Waals surface area contributed by atoms with Crippen LogP contribution in [-0.2, 0) is 6.54 Å². The first kappa shape index (κ1) is 16.2. The first-order chi connectivity index (χ1) is 11.5. The zero-order valence-corrected chi connectivity index (χ0v) is 14.0. The maximum Gasteiger partial charge on any atom is 0.269 e. The Morgan fingerprint density at radius 3 is 2.75 bits per heavy atom. The molecule has 2 aromatic carbocycles. The Labute approximate surface area is 141 Å². The summed E-state index contributed by atoms with van der Waals surface area (Å²) >= 11 is 0. The van der Waals surface area contributed by atoms with Gasteiger partial charge in [0, 0.05) is 37.4 Å². The molecule has 1 heterocycles. The van der Waals surface area contributed by atoms with E-state index in [1.165, 1.54) is 11.8 Å². The van der Waals surface area contributed by atoms with E-state index in [1.54, 1.807) is 12.1 Å². The molecule has 0 fully saturated rings. The highest BCUT2D eigenvalue weighted by molar-refractivity contribution is 5.92. The molecule has 0 amide bonds. The third-order valence-corrected chi connectivity index (χ3v) is 4.29. The fourth-order valence-electron chi connectivity index (χ4n) is 2.98. The van der Waals surface area contributed by atoms with Gasteiger partial charge in [-0.25, -0.2) is 0 Å². The standard InChI is InChI=1S/C19H21N3O2/c1-14(2)17-10-11-21(19-9-4-3-8-18(19)20-17)13-15-6-5-7-16(12-15)22(23)24/h3-9,12,14H,10-11,13H2,1-2H3. The lowest BCUT2D eigenvalue weighted by molar-refractivity contribution is -0.384. The molecule has 0 aromatic heterocycles. The summed E-state index contributed by atoms with van der Waals surface area (Å²) < 4.78 is 0. The minimum atomic E-state index is -0.347. The predicted molar refractivity (Wildman–Crippen MR) is 97.1 cm³/mol. The van der Waals surface area contributed by atoms with Gasteiger partial charge < -0.3 is 4.90 Å². The summed E-state index contributed by atoms with van der Waals surface area (Å²) in [6.45, 7) is 5.83. The lowest BCUT2D eigenvalue weighted by Crippen LogP contribution is -2.25. The highest BCUT2D eigenvalue weighted by atomic mass is 16.6. The second-order valence-electron chi connectivity index (χ2n) is 6.35. The second kappa shape index (κ2) is 6.83. The molecule has 0 bridgehead atoms. The largest absolute Gasteiger partial charge is 0.365 e. The molecule has 0 unspecified atom stereocenters. The van der Waals surface area contributed by atoms with Gasteiger partial charge in [-0.1, -0.05) is 38.1 Å². The van der Waals surface area contributed by atoms with Crippen molar-refractivity contribution in [3.8, 4) is 0 Å². The van der Waals surface area contributed by atoms with Gasteiger partial charge in [0.15, 0.2) is 0 Å². The molecule has 2 aromatic rings. The van der Waals surface area contributed by atoms with E-state index in [9.17, 15) is 10.1 Å². The molecule has 5 nitrogen and oxygen atoms in total. The molecule has 1 aliphatic rings. The van der Waals surface area contributed by atoms with E-state index in [4.69, 9.17) is 4.99 Å². The predicted octanol–water partition coefficient (Wildman–Crippen LogP) is 4.73. The van der Waals surface area contributed by atoms with Gasteiger partial charge >= 0.3 is 0 Å². The summed E-state index contributed by atoms with van der Waals surface area (Å²) in [6.07, 6.45) is 0.904. The van der Waals surface area contributed by atoms with Crippen molar-refractivity contribution in [3.63, 3.8) is 0 Å². The van der Waals surface area contributed by atoms with Crippen LogP contribution in [0.2, 0.25) is 0 Å². The third kappa shape index (κ3) is 3.45. The van der Waals surface area contributed by atoms with E-state index < -0.39 is 0 Å². The molecule has 0 radical (unpaired) electrons. The van der Waals surface area contributed by atoms with E-state index in [-0.39, 0.29) is 10.6 Å². The molecule has 3 rings (SSSR count). The SMILES string of the molecule is CC(C)C1=Nc2ccccc2N(Cc2cccc([N+](=O)[O-])c2)CC1. The molecule has 0 atom stereocenters. The number of hydrogen-bond donors (Lipinski definition) is 0. The van der Waals surface area contributed by atoms with Crippen molar-refractivity contribution in [2.45, 2.75) is 26.8 Å². The Morgan fingerprint density at radius 1 is 1.21 bits per heavy atom. The monoisotopic (exact) mass is 323 g/mol. The highest BCUT2D eigenvalue weighted by Gasteiger charge is 2.19. The summed E-state index contributed by atoms with van der Waals surface area (Å²) in [5.74, 6) is 0.413. The zero-order valence-electron chi connectivity index (χ0n) is 14.0. The van der Waals surface area contributed by atoms with Crippen LogP contribution in [-0.4, -0.2) is 17.2 Å². The molecule has 124 valence electrons. The molecule has 0 saturated heterocycles. The third-order valence-electron chi connectivity index (χ3n) is 4.29. The van der Waals surface area contributed by atoms with Gasteiger partial charge in [0.2, 0.25) is 0 Å². The molecule has 0 N–H and O–H groups in total. The molecule has 0 saturated carbocycles. The summed E-state index contributed by atoms with van der Waals surface area (Å²) in [7, 11) is 0. The number of fused-ring (bicyclic) bond motifs is 1. The van der Waals surface area contributed by atoms with E-state index in [1.807, 2.05) is 24.3 Å². The van der Waals surface area contributed by atoms with Crippen LogP contribution in [0.3, 0.4) is 0 Å². The molecular weight excluding hydrogens is 302 g/mol. The number of anilines is 1. The normalized spacial score (nSPS) is 14.1. The van der Waals surface area contributed by atoms with Gasteiger partial charge in [0.25, 0.3) is 5.69 Å². The summed E-state index contributed by atoms with van der Waals surface area (Å²) in [4.78, 5) is 17.7. The molecule has 5 heteroatoms. The maximum absolute atomic E-state index is 11.0. The van der Waals surface area contributed by atoms with Crippen LogP contribution >= 0.6 is 0 Å². The molecule has 0 spiro atoms. The van der Waals surface area contributed by atoms with Gasteiger partial charge in [0.1, 0.15) is 0 Å². The van der Waals surface area contributed by atoms with Crippen LogP contribution in [0.15, 0.2) is 53.5 Å². The number of nitro benzene ring substituents is 1. The first-order valence-corrected chi connectivity index (χ1v) is 8.19. The van der Waals surface area contributed by atoms with Crippen LogP contribution in [0.25, 0.3) is 0 Å². The van der Waals surface area contributed by atoms with E-state index in [2.05, 4.69) is 24.8 Å². The lowest BCUT2D eigenvalue weighted by Gasteiger charge is -2.24. The number of para-hydroxylation sites is 2. The Balaban J connectivity index is 1.91. The van der Waals surface area contributed by atoms with E-state index in [0.717, 1.165) is 29.9 Å². The van der Waals surface area contributed by atoms with Crippen LogP contribution < -0.4 is 4.90 Å². The van der Waals surface area contributed by atoms with Crippen molar-refractivity contribution in [3.05, 3.63) is 64.2 Å². The van der Waals surface area contributed by atoms with Crippen LogP contribution in [0.1, 0.15) is 25.8 Å². The number of benzene rings is 2. The summed E-state index contributed by atoms with van der Waals surface area (Å²) in [6, 6.07) is 15.0. The van der Waals surface area contributed by atoms with Gasteiger partial charge in [-0.05, 0) is 23.6 Å². The number of hydrogen-bond acceptors (Lipinski definition) is 4. The first-order valence-electron chi connectivity index (χ1n) is 8.19. The van der Waals surface area contributed by atoms with E-state index in [0.29, 0.717) is 12.5 Å². The van der Waals surface area contributed by atoms with Crippen molar-refractivity contribution < 1.29 is 4.92 Å². The smallest absolute Gasteiger partial charge is 0.269 e. The summed E-state index contributed by atoms with van der Waals surface area (Å²) in [5.41, 5.74) is 4.33. The zero-order chi connectivity index (χ0) is 17.1. The molecule has 1 aliphatic heterocycles. The fourth-order valence-corrected chi connectivity index (χ4v) is 2.98. The van der Waals surface area contributed by atoms with E-state index >= 15 is 0 Å². The van der Waals surface area contributed by atoms with Crippen molar-refractivity contribution >= 4 is 22.8 Å². The lowest BCUT2D eigenvalue weighted by atomic mass is 10.1. The number of nitrogens with zero attached hydrogens (tertiary/aromatic N) is 3. The Bertz CT molecular complexity index is 784. The average molecular weight is 323 g/mol. The van der Waals surface area contributed by atoms with Gasteiger partial charge in [0.05, 0.1) is 16.3 Å². The Kier molecular flexibility index (Phi) is 4.60. The maximum atomic E-state index is 11.0. The van der Waals surface area contributed by atoms with Crippen LogP contribution in [0.4, 0.5) is 17.1 Å². The molecule has 24 heavy (non-hydrogen) atoms. The van der Waals surface area contributed by atoms with Crippen LogP contribution in [0.5, 0.6) is 0 Å². The number of rotatable bonds is 4. The minimum absolute atomic E-state index is 0.134. The number of nitro groups is 1. The molecule has 0 aliphatic carbocycles. The van der Waals surface area contributed by atoms with Gasteiger partial charge in [-0.15, -0.1) is 0 Å². The minimum Gasteiger partial charge on any atom is -0.365 e. The molecular formula is C19H21N3O2.